The van der Waals surface area contributed by atoms with E-state index in [4.69, 9.17) is 16.3 Å². The number of carbonyl (C=O) groups excluding carboxylic acids is 1. The van der Waals surface area contributed by atoms with Gasteiger partial charge >= 0.3 is 11.8 Å². The molecule has 0 fully saturated rings. The van der Waals surface area contributed by atoms with E-state index in [9.17, 15) is 14.9 Å². The van der Waals surface area contributed by atoms with Crippen molar-refractivity contribution in [2.24, 2.45) is 0 Å². The SMILES string of the molecule is CC(C)(C)OC(=O)NCCCCCCNc1nc(Nc2ccc(Cl)cc2)ncc1[N+](=O)[O-]. The van der Waals surface area contributed by atoms with E-state index in [1.165, 1.54) is 6.20 Å². The molecule has 0 saturated carbocycles. The second-order valence-electron chi connectivity index (χ2n) is 8.09. The number of aromatic nitrogens is 2. The first-order chi connectivity index (χ1) is 15.1. The Labute approximate surface area is 192 Å². The van der Waals surface area contributed by atoms with Gasteiger partial charge < -0.3 is 20.7 Å². The summed E-state index contributed by atoms with van der Waals surface area (Å²) in [6.07, 6.45) is 4.19. The van der Waals surface area contributed by atoms with Gasteiger partial charge in [0.15, 0.2) is 0 Å². The third-order valence-electron chi connectivity index (χ3n) is 4.13. The van der Waals surface area contributed by atoms with Crippen LogP contribution in [0.25, 0.3) is 0 Å². The maximum Gasteiger partial charge on any atom is 0.407 e. The van der Waals surface area contributed by atoms with Crippen LogP contribution in [0.4, 0.5) is 27.9 Å². The van der Waals surface area contributed by atoms with Gasteiger partial charge in [-0.3, -0.25) is 10.1 Å². The zero-order valence-corrected chi connectivity index (χ0v) is 19.2. The van der Waals surface area contributed by atoms with Crippen molar-refractivity contribution in [2.45, 2.75) is 52.1 Å². The van der Waals surface area contributed by atoms with Crippen molar-refractivity contribution in [3.63, 3.8) is 0 Å². The number of benzene rings is 1. The summed E-state index contributed by atoms with van der Waals surface area (Å²) in [6, 6.07) is 6.96. The van der Waals surface area contributed by atoms with Crippen LogP contribution in [0.1, 0.15) is 46.5 Å². The fourth-order valence-corrected chi connectivity index (χ4v) is 2.80. The highest BCUT2D eigenvalue weighted by Crippen LogP contribution is 2.24. The molecule has 2 aromatic rings. The summed E-state index contributed by atoms with van der Waals surface area (Å²) in [7, 11) is 0. The standard InChI is InChI=1S/C21H29ClN6O4/c1-21(2,3)32-20(29)24-13-7-5-4-6-12-23-18-17(28(30)31)14-25-19(27-18)26-16-10-8-15(22)9-11-16/h8-11,14H,4-7,12-13H2,1-3H3,(H,24,29)(H2,23,25,26,27). The molecule has 3 N–H and O–H groups in total. The Morgan fingerprint density at radius 2 is 1.78 bits per heavy atom. The summed E-state index contributed by atoms with van der Waals surface area (Å²) in [6.45, 7) is 6.52. The molecule has 0 spiro atoms. The predicted molar refractivity (Wildman–Crippen MR) is 125 cm³/mol. The van der Waals surface area contributed by atoms with Gasteiger partial charge in [-0.05, 0) is 57.9 Å². The van der Waals surface area contributed by atoms with Gasteiger partial charge in [-0.1, -0.05) is 24.4 Å². The minimum absolute atomic E-state index is 0.160. The van der Waals surface area contributed by atoms with Gasteiger partial charge in [0.1, 0.15) is 11.8 Å². The van der Waals surface area contributed by atoms with E-state index in [1.54, 1.807) is 24.3 Å². The molecule has 0 atom stereocenters. The Hall–Kier alpha value is -3.14. The summed E-state index contributed by atoms with van der Waals surface area (Å²) in [4.78, 5) is 30.6. The van der Waals surface area contributed by atoms with Crippen LogP contribution < -0.4 is 16.0 Å². The van der Waals surface area contributed by atoms with Crippen molar-refractivity contribution in [3.05, 3.63) is 45.6 Å². The molecule has 0 radical (unpaired) electrons. The van der Waals surface area contributed by atoms with Crippen LogP contribution >= 0.6 is 11.6 Å². The normalized spacial score (nSPS) is 11.0. The Morgan fingerprint density at radius 3 is 2.41 bits per heavy atom. The lowest BCUT2D eigenvalue weighted by Crippen LogP contribution is -2.32. The van der Waals surface area contributed by atoms with Crippen molar-refractivity contribution < 1.29 is 14.5 Å². The van der Waals surface area contributed by atoms with E-state index in [-0.39, 0.29) is 17.5 Å². The highest BCUT2D eigenvalue weighted by atomic mass is 35.5. The summed E-state index contributed by atoms with van der Waals surface area (Å²) < 4.78 is 5.18. The van der Waals surface area contributed by atoms with Crippen LogP contribution in [-0.4, -0.2) is 39.7 Å². The number of nitrogens with zero attached hydrogens (tertiary/aromatic N) is 3. The number of ether oxygens (including phenoxy) is 1. The number of anilines is 3. The lowest BCUT2D eigenvalue weighted by molar-refractivity contribution is -0.384. The van der Waals surface area contributed by atoms with E-state index in [0.717, 1.165) is 25.7 Å². The van der Waals surface area contributed by atoms with Crippen LogP contribution in [0.15, 0.2) is 30.5 Å². The van der Waals surface area contributed by atoms with Crippen LogP contribution in [0.5, 0.6) is 0 Å². The number of nitro groups is 1. The first-order valence-electron chi connectivity index (χ1n) is 10.4. The minimum Gasteiger partial charge on any atom is -0.444 e. The van der Waals surface area contributed by atoms with Gasteiger partial charge in [0.05, 0.1) is 4.92 Å². The van der Waals surface area contributed by atoms with Crippen LogP contribution in [0, 0.1) is 10.1 Å². The largest absolute Gasteiger partial charge is 0.444 e. The second-order valence-corrected chi connectivity index (χ2v) is 8.52. The topological polar surface area (TPSA) is 131 Å². The van der Waals surface area contributed by atoms with E-state index in [1.807, 2.05) is 20.8 Å². The molecule has 0 saturated heterocycles. The monoisotopic (exact) mass is 464 g/mol. The molecule has 1 amide bonds. The first-order valence-corrected chi connectivity index (χ1v) is 10.8. The molecule has 11 heteroatoms. The number of amides is 1. The van der Waals surface area contributed by atoms with Crippen LogP contribution in [-0.2, 0) is 4.74 Å². The fourth-order valence-electron chi connectivity index (χ4n) is 2.68. The molecule has 0 unspecified atom stereocenters. The smallest absolute Gasteiger partial charge is 0.407 e. The first kappa shape index (κ1) is 25.1. The minimum atomic E-state index is -0.517. The van der Waals surface area contributed by atoms with Gasteiger partial charge in [-0.2, -0.15) is 4.98 Å². The van der Waals surface area contributed by atoms with Crippen molar-refractivity contribution in [3.8, 4) is 0 Å². The zero-order valence-electron chi connectivity index (χ0n) is 18.5. The summed E-state index contributed by atoms with van der Waals surface area (Å²) in [5, 5.41) is 20.6. The molecule has 10 nitrogen and oxygen atoms in total. The molecule has 1 heterocycles. The number of carbonyl (C=O) groups is 1. The maximum absolute atomic E-state index is 11.6. The number of hydrogen-bond acceptors (Lipinski definition) is 8. The van der Waals surface area contributed by atoms with E-state index >= 15 is 0 Å². The Kier molecular flexibility index (Phi) is 9.45. The Bertz CT molecular complexity index is 902. The van der Waals surface area contributed by atoms with Gasteiger partial charge in [0, 0.05) is 23.8 Å². The molecule has 0 aliphatic heterocycles. The molecular weight excluding hydrogens is 436 g/mol. The highest BCUT2D eigenvalue weighted by molar-refractivity contribution is 6.30. The average molecular weight is 465 g/mol. The van der Waals surface area contributed by atoms with Crippen LogP contribution in [0.2, 0.25) is 5.02 Å². The predicted octanol–water partition coefficient (Wildman–Crippen LogP) is 5.28. The molecule has 174 valence electrons. The molecular formula is C21H29ClN6O4. The number of nitrogens with one attached hydrogen (secondary N) is 3. The maximum atomic E-state index is 11.6. The summed E-state index contributed by atoms with van der Waals surface area (Å²) >= 11 is 5.88. The lowest BCUT2D eigenvalue weighted by Gasteiger charge is -2.19. The molecule has 2 rings (SSSR count). The van der Waals surface area contributed by atoms with Crippen molar-refractivity contribution in [1.82, 2.24) is 15.3 Å². The van der Waals surface area contributed by atoms with Crippen molar-refractivity contribution in [2.75, 3.05) is 23.7 Å². The quantitative estimate of drug-likeness (QED) is 0.232. The van der Waals surface area contributed by atoms with Crippen molar-refractivity contribution in [1.29, 1.82) is 0 Å². The summed E-state index contributed by atoms with van der Waals surface area (Å²) in [5.74, 6) is 0.404. The lowest BCUT2D eigenvalue weighted by atomic mass is 10.2. The zero-order chi connectivity index (χ0) is 23.6. The van der Waals surface area contributed by atoms with E-state index in [2.05, 4.69) is 25.9 Å². The molecule has 1 aromatic carbocycles. The van der Waals surface area contributed by atoms with E-state index in [0.29, 0.717) is 23.8 Å². The van der Waals surface area contributed by atoms with Gasteiger partial charge in [-0.25, -0.2) is 9.78 Å². The fraction of sp³-hybridized carbons (Fsp3) is 0.476. The van der Waals surface area contributed by atoms with Crippen molar-refractivity contribution >= 4 is 40.8 Å². The summed E-state index contributed by atoms with van der Waals surface area (Å²) in [5.41, 5.74) is 0.0197. The number of unbranched alkanes of at least 4 members (excludes halogenated alkanes) is 3. The molecule has 0 aliphatic rings. The van der Waals surface area contributed by atoms with E-state index < -0.39 is 16.6 Å². The third kappa shape index (κ3) is 9.34. The number of rotatable bonds is 11. The second kappa shape index (κ2) is 12.0. The Balaban J connectivity index is 1.76. The van der Waals surface area contributed by atoms with Gasteiger partial charge in [-0.15, -0.1) is 0 Å². The van der Waals surface area contributed by atoms with Gasteiger partial charge in [0.2, 0.25) is 11.8 Å². The average Bonchev–Trinajstić information content (AvgIpc) is 2.70. The number of halogens is 1. The number of hydrogen-bond donors (Lipinski definition) is 3. The molecule has 0 aliphatic carbocycles. The number of alkyl carbamates (subject to hydrolysis) is 1. The molecule has 32 heavy (non-hydrogen) atoms. The molecule has 0 bridgehead atoms. The highest BCUT2D eigenvalue weighted by Gasteiger charge is 2.17. The third-order valence-corrected chi connectivity index (χ3v) is 4.38. The van der Waals surface area contributed by atoms with Gasteiger partial charge in [0.25, 0.3) is 0 Å². The van der Waals surface area contributed by atoms with Crippen LogP contribution in [0.3, 0.4) is 0 Å². The molecule has 1 aromatic heterocycles. The Morgan fingerprint density at radius 1 is 1.12 bits per heavy atom.